The summed E-state index contributed by atoms with van der Waals surface area (Å²) in [6, 6.07) is 25.3. The van der Waals surface area contributed by atoms with Crippen LogP contribution in [-0.2, 0) is 0 Å². The number of Topliss-reactive ketones (excluding diaryl/α,β-unsaturated/α-hetero) is 3. The van der Waals surface area contributed by atoms with Crippen LogP contribution in [0.25, 0.3) is 6.08 Å². The van der Waals surface area contributed by atoms with E-state index in [1.165, 1.54) is 24.3 Å². The summed E-state index contributed by atoms with van der Waals surface area (Å²) in [5.74, 6) is -2.13. The van der Waals surface area contributed by atoms with Crippen molar-refractivity contribution in [3.8, 4) is 0 Å². The third-order valence-corrected chi connectivity index (χ3v) is 8.56. The van der Waals surface area contributed by atoms with Crippen LogP contribution >= 0.6 is 11.6 Å². The predicted molar refractivity (Wildman–Crippen MR) is 148 cm³/mol. The van der Waals surface area contributed by atoms with Gasteiger partial charge in [-0.05, 0) is 53.6 Å². The summed E-state index contributed by atoms with van der Waals surface area (Å²) in [5.41, 5.74) is 1.68. The summed E-state index contributed by atoms with van der Waals surface area (Å²) < 4.78 is 13.8. The first-order valence-corrected chi connectivity index (χ1v) is 13.1. The minimum atomic E-state index is -1.57. The molecule has 0 saturated carbocycles. The molecular weight excluding hydrogens is 513 g/mol. The van der Waals surface area contributed by atoms with Gasteiger partial charge < -0.3 is 4.90 Å². The first kappa shape index (κ1) is 23.7. The molecule has 3 atom stereocenters. The molecule has 0 aromatic heterocycles. The molecule has 3 aliphatic rings. The molecule has 4 aromatic rings. The van der Waals surface area contributed by atoms with Crippen molar-refractivity contribution in [2.24, 2.45) is 5.41 Å². The van der Waals surface area contributed by atoms with E-state index in [1.807, 2.05) is 53.5 Å². The highest BCUT2D eigenvalue weighted by Gasteiger charge is 2.71. The van der Waals surface area contributed by atoms with Gasteiger partial charge in [-0.3, -0.25) is 14.4 Å². The number of benzene rings is 4. The Bertz CT molecular complexity index is 1680. The van der Waals surface area contributed by atoms with Crippen LogP contribution in [0.4, 0.5) is 10.1 Å². The fourth-order valence-corrected chi connectivity index (χ4v) is 6.95. The van der Waals surface area contributed by atoms with E-state index >= 15 is 0 Å². The molecule has 0 radical (unpaired) electrons. The number of halogens is 2. The van der Waals surface area contributed by atoms with E-state index in [9.17, 15) is 18.8 Å². The fourth-order valence-electron chi connectivity index (χ4n) is 6.77. The van der Waals surface area contributed by atoms with Crippen LogP contribution in [0, 0.1) is 11.2 Å². The lowest BCUT2D eigenvalue weighted by molar-refractivity contribution is 0.0666. The van der Waals surface area contributed by atoms with Crippen LogP contribution in [-0.4, -0.2) is 29.4 Å². The molecule has 1 saturated heterocycles. The number of fused-ring (bicyclic) bond motifs is 5. The van der Waals surface area contributed by atoms with Gasteiger partial charge in [0, 0.05) is 33.3 Å². The number of carbonyl (C=O) groups is 3. The molecule has 0 bridgehead atoms. The molecule has 39 heavy (non-hydrogen) atoms. The fraction of sp³-hybridized carbons (Fsp3) is 0.121. The van der Waals surface area contributed by atoms with Crippen molar-refractivity contribution in [3.63, 3.8) is 0 Å². The Kier molecular flexibility index (Phi) is 5.23. The maximum atomic E-state index is 14.5. The van der Waals surface area contributed by atoms with Crippen molar-refractivity contribution in [3.05, 3.63) is 142 Å². The van der Waals surface area contributed by atoms with Crippen molar-refractivity contribution in [2.45, 2.75) is 18.0 Å². The Labute approximate surface area is 229 Å². The monoisotopic (exact) mass is 533 g/mol. The van der Waals surface area contributed by atoms with Gasteiger partial charge in [-0.15, -0.1) is 0 Å². The summed E-state index contributed by atoms with van der Waals surface area (Å²) in [6.45, 7) is 0. The van der Waals surface area contributed by atoms with Crippen molar-refractivity contribution >= 4 is 40.7 Å². The van der Waals surface area contributed by atoms with Crippen LogP contribution in [0.3, 0.4) is 0 Å². The SMILES string of the molecule is O=C(c1ccc(F)cc1)C1C(c2ccccc2)C2(C(=O)c3ccccc3C2=O)C2C=Cc3cc(Cl)ccc3N12. The minimum Gasteiger partial charge on any atom is -0.352 e. The highest BCUT2D eigenvalue weighted by atomic mass is 35.5. The van der Waals surface area contributed by atoms with Crippen LogP contribution in [0.15, 0.2) is 103 Å². The number of hydrogen-bond acceptors (Lipinski definition) is 4. The van der Waals surface area contributed by atoms with E-state index < -0.39 is 29.2 Å². The van der Waals surface area contributed by atoms with Crippen molar-refractivity contribution in [1.82, 2.24) is 0 Å². The van der Waals surface area contributed by atoms with Crippen LogP contribution in [0.2, 0.25) is 5.02 Å². The number of carbonyl (C=O) groups excluding carboxylic acids is 3. The molecule has 6 heteroatoms. The standard InChI is InChI=1S/C33H21ClFNO3/c34-22-13-16-26-21(18-22)12-17-27-33(31(38)24-8-4-5-9-25(24)32(33)39)28(19-6-2-1-3-7-19)29(36(26)27)30(37)20-10-14-23(35)15-11-20/h1-18,27-29H. The summed E-state index contributed by atoms with van der Waals surface area (Å²) in [5, 5.41) is 0.534. The zero-order valence-electron chi connectivity index (χ0n) is 20.6. The number of ketones is 3. The molecule has 2 heterocycles. The topological polar surface area (TPSA) is 54.5 Å². The summed E-state index contributed by atoms with van der Waals surface area (Å²) in [4.78, 5) is 45.4. The number of anilines is 1. The van der Waals surface area contributed by atoms with E-state index in [0.29, 0.717) is 33.0 Å². The average molecular weight is 534 g/mol. The van der Waals surface area contributed by atoms with Gasteiger partial charge in [-0.25, -0.2) is 4.39 Å². The zero-order valence-corrected chi connectivity index (χ0v) is 21.3. The number of hydrogen-bond donors (Lipinski definition) is 0. The lowest BCUT2D eigenvalue weighted by Crippen LogP contribution is -2.48. The molecule has 1 aliphatic carbocycles. The smallest absolute Gasteiger partial charge is 0.185 e. The number of rotatable bonds is 3. The molecule has 4 aromatic carbocycles. The van der Waals surface area contributed by atoms with Crippen LogP contribution in [0.5, 0.6) is 0 Å². The van der Waals surface area contributed by atoms with Crippen molar-refractivity contribution < 1.29 is 18.8 Å². The highest BCUT2D eigenvalue weighted by Crippen LogP contribution is 2.61. The third-order valence-electron chi connectivity index (χ3n) is 8.32. The molecule has 3 unspecified atom stereocenters. The Hall–Kier alpha value is -4.35. The van der Waals surface area contributed by atoms with Gasteiger partial charge >= 0.3 is 0 Å². The van der Waals surface area contributed by atoms with E-state index in [4.69, 9.17) is 11.6 Å². The third kappa shape index (κ3) is 3.20. The molecule has 190 valence electrons. The van der Waals surface area contributed by atoms with E-state index in [0.717, 1.165) is 5.56 Å². The van der Waals surface area contributed by atoms with Crippen LogP contribution < -0.4 is 4.90 Å². The second-order valence-corrected chi connectivity index (χ2v) is 10.6. The average Bonchev–Trinajstić information content (AvgIpc) is 3.39. The lowest BCUT2D eigenvalue weighted by Gasteiger charge is -2.37. The highest BCUT2D eigenvalue weighted by molar-refractivity contribution is 6.32. The van der Waals surface area contributed by atoms with Gasteiger partial charge in [-0.1, -0.05) is 78.4 Å². The zero-order chi connectivity index (χ0) is 26.9. The molecule has 0 N–H and O–H groups in total. The Morgan fingerprint density at radius 1 is 0.821 bits per heavy atom. The van der Waals surface area contributed by atoms with Gasteiger partial charge in [0.15, 0.2) is 17.3 Å². The van der Waals surface area contributed by atoms with Gasteiger partial charge in [0.2, 0.25) is 0 Å². The Morgan fingerprint density at radius 3 is 2.13 bits per heavy atom. The van der Waals surface area contributed by atoms with E-state index in [2.05, 4.69) is 0 Å². The van der Waals surface area contributed by atoms with Crippen molar-refractivity contribution in [2.75, 3.05) is 4.90 Å². The first-order chi connectivity index (χ1) is 18.9. The molecule has 7 rings (SSSR count). The molecule has 2 aliphatic heterocycles. The summed E-state index contributed by atoms with van der Waals surface area (Å²) in [7, 11) is 0. The van der Waals surface area contributed by atoms with Crippen LogP contribution in [0.1, 0.15) is 48.1 Å². The quantitative estimate of drug-likeness (QED) is 0.215. The minimum absolute atomic E-state index is 0.288. The molecule has 0 amide bonds. The first-order valence-electron chi connectivity index (χ1n) is 12.7. The second-order valence-electron chi connectivity index (χ2n) is 10.2. The molecular formula is C33H21ClFNO3. The van der Waals surface area contributed by atoms with E-state index in [-0.39, 0.29) is 17.3 Å². The van der Waals surface area contributed by atoms with Gasteiger partial charge in [-0.2, -0.15) is 0 Å². The summed E-state index contributed by atoms with van der Waals surface area (Å²) >= 11 is 6.32. The van der Waals surface area contributed by atoms with Gasteiger partial charge in [0.05, 0.1) is 6.04 Å². The number of nitrogens with zero attached hydrogens (tertiary/aromatic N) is 1. The maximum absolute atomic E-state index is 14.5. The normalized spacial score (nSPS) is 22.1. The lowest BCUT2D eigenvalue weighted by atomic mass is 9.64. The summed E-state index contributed by atoms with van der Waals surface area (Å²) in [6.07, 6.45) is 3.73. The van der Waals surface area contributed by atoms with Gasteiger partial charge in [0.25, 0.3) is 0 Å². The largest absolute Gasteiger partial charge is 0.352 e. The molecule has 4 nitrogen and oxygen atoms in total. The van der Waals surface area contributed by atoms with Crippen molar-refractivity contribution in [1.29, 1.82) is 0 Å². The molecule has 1 fully saturated rings. The Morgan fingerprint density at radius 2 is 1.46 bits per heavy atom. The van der Waals surface area contributed by atoms with Gasteiger partial charge in [0.1, 0.15) is 17.3 Å². The predicted octanol–water partition coefficient (Wildman–Crippen LogP) is 6.80. The Balaban J connectivity index is 1.54. The maximum Gasteiger partial charge on any atom is 0.185 e. The molecule has 1 spiro atoms. The van der Waals surface area contributed by atoms with E-state index in [1.54, 1.807) is 36.4 Å². The second kappa shape index (κ2) is 8.58.